The smallest absolute Gasteiger partial charge is 0.246 e. The Morgan fingerprint density at radius 1 is 1.08 bits per heavy atom. The number of rotatable bonds is 8. The first-order valence-electron chi connectivity index (χ1n) is 12.5. The van der Waals surface area contributed by atoms with Crippen LogP contribution in [0.5, 0.6) is 11.5 Å². The van der Waals surface area contributed by atoms with Gasteiger partial charge in [0.1, 0.15) is 23.6 Å². The third-order valence-electron chi connectivity index (χ3n) is 7.10. The predicted molar refractivity (Wildman–Crippen MR) is 136 cm³/mol. The van der Waals surface area contributed by atoms with Gasteiger partial charge in [-0.15, -0.1) is 0 Å². The zero-order chi connectivity index (χ0) is 25.4. The second-order valence-electron chi connectivity index (χ2n) is 9.63. The van der Waals surface area contributed by atoms with Gasteiger partial charge in [0.15, 0.2) is 0 Å². The number of para-hydroxylation sites is 1. The maximum absolute atomic E-state index is 13.8. The lowest BCUT2D eigenvalue weighted by Crippen LogP contribution is -2.63. The van der Waals surface area contributed by atoms with Gasteiger partial charge in [-0.1, -0.05) is 18.2 Å². The summed E-state index contributed by atoms with van der Waals surface area (Å²) in [5.74, 6) is 1.19. The number of aromatic amines is 1. The van der Waals surface area contributed by atoms with Gasteiger partial charge >= 0.3 is 0 Å². The minimum absolute atomic E-state index is 0.0260. The molecule has 8 heteroatoms. The third kappa shape index (κ3) is 4.19. The van der Waals surface area contributed by atoms with Crippen LogP contribution in [0.15, 0.2) is 42.5 Å². The number of hydrogen-bond donors (Lipinski definition) is 1. The molecule has 8 nitrogen and oxygen atoms in total. The van der Waals surface area contributed by atoms with E-state index in [2.05, 4.69) is 11.1 Å². The molecule has 3 heterocycles. The average molecular weight is 492 g/mol. The van der Waals surface area contributed by atoms with Crippen molar-refractivity contribution in [2.45, 2.75) is 44.9 Å². The zero-order valence-corrected chi connectivity index (χ0v) is 21.2. The number of fused-ring (bicyclic) bond motifs is 4. The molecule has 1 aromatic heterocycles. The van der Waals surface area contributed by atoms with Crippen molar-refractivity contribution < 1.29 is 23.8 Å². The number of piperazine rings is 1. The first-order valence-corrected chi connectivity index (χ1v) is 12.5. The highest BCUT2D eigenvalue weighted by atomic mass is 16.5. The molecule has 1 N–H and O–H groups in total. The highest BCUT2D eigenvalue weighted by molar-refractivity contribution is 5.97. The molecular weight excluding hydrogens is 458 g/mol. The summed E-state index contributed by atoms with van der Waals surface area (Å²) in [6.07, 6.45) is 1.29. The maximum atomic E-state index is 13.8. The number of amides is 2. The molecule has 2 aliphatic heterocycles. The van der Waals surface area contributed by atoms with Gasteiger partial charge in [-0.05, 0) is 50.1 Å². The lowest BCUT2D eigenvalue weighted by atomic mass is 9.85. The lowest BCUT2D eigenvalue weighted by molar-refractivity contribution is -0.158. The van der Waals surface area contributed by atoms with Crippen LogP contribution in [0.1, 0.15) is 43.1 Å². The van der Waals surface area contributed by atoms with Crippen molar-refractivity contribution >= 4 is 22.7 Å². The van der Waals surface area contributed by atoms with Gasteiger partial charge in [-0.3, -0.25) is 9.59 Å². The summed E-state index contributed by atoms with van der Waals surface area (Å²) < 4.78 is 16.9. The Labute approximate surface area is 211 Å². The molecule has 190 valence electrons. The van der Waals surface area contributed by atoms with Crippen molar-refractivity contribution in [1.29, 1.82) is 0 Å². The van der Waals surface area contributed by atoms with E-state index in [4.69, 9.17) is 14.2 Å². The van der Waals surface area contributed by atoms with E-state index in [9.17, 15) is 9.59 Å². The molecule has 0 unspecified atom stereocenters. The molecule has 5 rings (SSSR count). The summed E-state index contributed by atoms with van der Waals surface area (Å²) in [5, 5.41) is 1.07. The van der Waals surface area contributed by atoms with Crippen LogP contribution >= 0.6 is 0 Å². The first-order chi connectivity index (χ1) is 17.4. The Morgan fingerprint density at radius 3 is 2.64 bits per heavy atom. The molecule has 0 spiro atoms. The molecule has 2 atom stereocenters. The average Bonchev–Trinajstić information content (AvgIpc) is 3.26. The topological polar surface area (TPSA) is 84.1 Å². The number of benzene rings is 2. The highest BCUT2D eigenvalue weighted by Crippen LogP contribution is 2.45. The quantitative estimate of drug-likeness (QED) is 0.486. The van der Waals surface area contributed by atoms with Gasteiger partial charge in [0.05, 0.1) is 26.9 Å². The lowest BCUT2D eigenvalue weighted by Gasteiger charge is -2.47. The summed E-state index contributed by atoms with van der Waals surface area (Å²) in [6, 6.07) is 12.6. The van der Waals surface area contributed by atoms with Gasteiger partial charge in [-0.2, -0.15) is 0 Å². The van der Waals surface area contributed by atoms with Crippen LogP contribution in [0, 0.1) is 0 Å². The molecule has 36 heavy (non-hydrogen) atoms. The van der Waals surface area contributed by atoms with Gasteiger partial charge in [0.2, 0.25) is 11.8 Å². The Kier molecular flexibility index (Phi) is 6.62. The monoisotopic (exact) mass is 491 g/mol. The van der Waals surface area contributed by atoms with Gasteiger partial charge in [0, 0.05) is 41.7 Å². The van der Waals surface area contributed by atoms with Crippen molar-refractivity contribution in [3.63, 3.8) is 0 Å². The van der Waals surface area contributed by atoms with Crippen molar-refractivity contribution in [3.8, 4) is 11.5 Å². The molecule has 0 radical (unpaired) electrons. The summed E-state index contributed by atoms with van der Waals surface area (Å²) >= 11 is 0. The molecular formula is C28H33N3O5. The standard InChI is InChI=1S/C28H33N3O5/c1-17(2)36-13-7-12-30-16-25(32)31-23(28(30)33)15-20-19-8-5-6-9-22(19)29-26(20)27(31)21-14-18(34-3)10-11-24(21)35-4/h5-6,8-11,14,17,23,27,29H,7,12-13,15-16H2,1-4H3/t23-,27-/m0/s1. The van der Waals surface area contributed by atoms with Crippen LogP contribution in [-0.2, 0) is 20.7 Å². The maximum Gasteiger partial charge on any atom is 0.246 e. The van der Waals surface area contributed by atoms with Crippen molar-refractivity contribution in [1.82, 2.24) is 14.8 Å². The number of nitrogens with one attached hydrogen (secondary N) is 1. The van der Waals surface area contributed by atoms with Gasteiger partial charge < -0.3 is 29.0 Å². The van der Waals surface area contributed by atoms with Gasteiger partial charge in [0.25, 0.3) is 0 Å². The van der Waals surface area contributed by atoms with E-state index in [0.717, 1.165) is 27.7 Å². The second-order valence-corrected chi connectivity index (χ2v) is 9.63. The van der Waals surface area contributed by atoms with Crippen LogP contribution in [0.2, 0.25) is 0 Å². The number of H-pyrrole nitrogens is 1. The Balaban J connectivity index is 1.58. The number of methoxy groups -OCH3 is 2. The minimum Gasteiger partial charge on any atom is -0.497 e. The molecule has 2 aromatic carbocycles. The summed E-state index contributed by atoms with van der Waals surface area (Å²) in [5.41, 5.74) is 3.75. The number of nitrogens with zero attached hydrogens (tertiary/aromatic N) is 2. The third-order valence-corrected chi connectivity index (χ3v) is 7.10. The summed E-state index contributed by atoms with van der Waals surface area (Å²) in [4.78, 5) is 34.5. The van der Waals surface area contributed by atoms with E-state index in [-0.39, 0.29) is 24.5 Å². The van der Waals surface area contributed by atoms with Crippen LogP contribution < -0.4 is 9.47 Å². The van der Waals surface area contributed by atoms with Crippen LogP contribution in [0.25, 0.3) is 10.9 Å². The normalized spacial score (nSPS) is 19.6. The van der Waals surface area contributed by atoms with E-state index in [1.807, 2.05) is 50.2 Å². The first kappa shape index (κ1) is 24.2. The number of carbonyl (C=O) groups is 2. The molecule has 1 saturated heterocycles. The molecule has 0 aliphatic carbocycles. The number of aromatic nitrogens is 1. The molecule has 1 fully saturated rings. The van der Waals surface area contributed by atoms with E-state index in [1.54, 1.807) is 24.0 Å². The fraction of sp³-hybridized carbons (Fsp3) is 0.429. The van der Waals surface area contributed by atoms with Gasteiger partial charge in [-0.25, -0.2) is 0 Å². The Hall–Kier alpha value is -3.52. The highest BCUT2D eigenvalue weighted by Gasteiger charge is 2.48. The van der Waals surface area contributed by atoms with Crippen LogP contribution in [0.3, 0.4) is 0 Å². The van der Waals surface area contributed by atoms with Crippen molar-refractivity contribution in [2.24, 2.45) is 0 Å². The van der Waals surface area contributed by atoms with E-state index in [0.29, 0.717) is 37.5 Å². The largest absolute Gasteiger partial charge is 0.497 e. The van der Waals surface area contributed by atoms with Crippen LogP contribution in [0.4, 0.5) is 0 Å². The molecule has 2 amide bonds. The zero-order valence-electron chi connectivity index (χ0n) is 21.2. The Bertz CT molecular complexity index is 1280. The van der Waals surface area contributed by atoms with Crippen molar-refractivity contribution in [3.05, 3.63) is 59.3 Å². The van der Waals surface area contributed by atoms with E-state index in [1.165, 1.54) is 0 Å². The van der Waals surface area contributed by atoms with Crippen LogP contribution in [-0.4, -0.2) is 72.7 Å². The fourth-order valence-corrected chi connectivity index (χ4v) is 5.46. The SMILES string of the molecule is COc1ccc(OC)c([C@H]2c3[nH]c4ccccc4c3C[C@H]3C(=O)N(CCCOC(C)C)CC(=O)N23)c1. The number of carbonyl (C=O) groups excluding carboxylic acids is 2. The molecule has 2 aliphatic rings. The second kappa shape index (κ2) is 9.85. The predicted octanol–water partition coefficient (Wildman–Crippen LogP) is 3.69. The van der Waals surface area contributed by atoms with Crippen molar-refractivity contribution in [2.75, 3.05) is 33.9 Å². The summed E-state index contributed by atoms with van der Waals surface area (Å²) in [6.45, 7) is 5.08. The van der Waals surface area contributed by atoms with E-state index < -0.39 is 12.1 Å². The molecule has 0 bridgehead atoms. The minimum atomic E-state index is -0.593. The fourth-order valence-electron chi connectivity index (χ4n) is 5.46. The summed E-state index contributed by atoms with van der Waals surface area (Å²) in [7, 11) is 3.22. The van der Waals surface area contributed by atoms with E-state index >= 15 is 0 Å². The molecule has 3 aromatic rings. The number of ether oxygens (including phenoxy) is 3. The Morgan fingerprint density at radius 2 is 1.89 bits per heavy atom. The molecule has 0 saturated carbocycles. The number of hydrogen-bond acceptors (Lipinski definition) is 5.